The molecule has 0 unspecified atom stereocenters. The predicted octanol–water partition coefficient (Wildman–Crippen LogP) is 2.72. The molecular weight excluding hydrogens is 278 g/mol. The number of halogens is 1. The molecule has 6 heteroatoms. The fourth-order valence-corrected chi connectivity index (χ4v) is 2.93. The minimum Gasteiger partial charge on any atom is -0.476 e. The van der Waals surface area contributed by atoms with E-state index >= 15 is 0 Å². The van der Waals surface area contributed by atoms with E-state index in [0.29, 0.717) is 29.0 Å². The Labute approximate surface area is 121 Å². The number of fused-ring (bicyclic) bond motifs is 1. The molecule has 0 amide bonds. The van der Waals surface area contributed by atoms with Gasteiger partial charge in [0.1, 0.15) is 5.82 Å². The number of pyridine rings is 1. The Hall–Kier alpha value is -1.59. The maximum absolute atomic E-state index is 11.3. The van der Waals surface area contributed by atoms with E-state index in [0.717, 1.165) is 0 Å². The number of hydrogen-bond donors (Lipinski definition) is 2. The Morgan fingerprint density at radius 3 is 2.95 bits per heavy atom. The van der Waals surface area contributed by atoms with E-state index in [-0.39, 0.29) is 5.69 Å². The highest BCUT2D eigenvalue weighted by atomic mass is 35.5. The number of imidazole rings is 1. The van der Waals surface area contributed by atoms with Crippen LogP contribution in [0.5, 0.6) is 0 Å². The van der Waals surface area contributed by atoms with Gasteiger partial charge in [-0.15, -0.1) is 0 Å². The van der Waals surface area contributed by atoms with Gasteiger partial charge in [-0.05, 0) is 25.0 Å². The third-order valence-corrected chi connectivity index (χ3v) is 4.02. The molecular formula is C14H16ClN3O2. The molecule has 1 aliphatic rings. The first kappa shape index (κ1) is 13.4. The standard InChI is InChI=1S/C14H16ClN3O2/c15-9-5-6-18-11(7-9)13(14(19)20)17-12(18)8-16-10-3-1-2-4-10/h5-7,10,16H,1-4,8H2,(H,19,20). The van der Waals surface area contributed by atoms with Gasteiger partial charge in [-0.25, -0.2) is 9.78 Å². The summed E-state index contributed by atoms with van der Waals surface area (Å²) in [4.78, 5) is 15.5. The number of carbonyl (C=O) groups is 1. The number of nitrogens with one attached hydrogen (secondary N) is 1. The Morgan fingerprint density at radius 2 is 2.25 bits per heavy atom. The monoisotopic (exact) mass is 293 g/mol. The second-order valence-electron chi connectivity index (χ2n) is 5.14. The van der Waals surface area contributed by atoms with Crippen LogP contribution in [0.25, 0.3) is 5.52 Å². The molecule has 0 aromatic carbocycles. The van der Waals surface area contributed by atoms with Crippen LogP contribution in [-0.4, -0.2) is 26.5 Å². The largest absolute Gasteiger partial charge is 0.476 e. The van der Waals surface area contributed by atoms with Crippen LogP contribution in [0, 0.1) is 0 Å². The fraction of sp³-hybridized carbons (Fsp3) is 0.429. The Balaban J connectivity index is 1.91. The summed E-state index contributed by atoms with van der Waals surface area (Å²) in [6, 6.07) is 3.89. The Bertz CT molecular complexity index is 647. The summed E-state index contributed by atoms with van der Waals surface area (Å²) in [5, 5.41) is 13.2. The highest BCUT2D eigenvalue weighted by molar-refractivity contribution is 6.31. The second kappa shape index (κ2) is 5.42. The molecule has 0 saturated heterocycles. The molecule has 2 aromatic heterocycles. The van der Waals surface area contributed by atoms with Crippen molar-refractivity contribution in [3.05, 3.63) is 34.9 Å². The summed E-state index contributed by atoms with van der Waals surface area (Å²) in [5.41, 5.74) is 0.587. The van der Waals surface area contributed by atoms with Crippen molar-refractivity contribution < 1.29 is 9.90 Å². The van der Waals surface area contributed by atoms with Crippen LogP contribution in [0.3, 0.4) is 0 Å². The highest BCUT2D eigenvalue weighted by Crippen LogP contribution is 2.20. The molecule has 106 valence electrons. The van der Waals surface area contributed by atoms with Crippen LogP contribution in [0.15, 0.2) is 18.3 Å². The van der Waals surface area contributed by atoms with Crippen molar-refractivity contribution in [3.63, 3.8) is 0 Å². The quantitative estimate of drug-likeness (QED) is 0.909. The van der Waals surface area contributed by atoms with E-state index in [9.17, 15) is 9.90 Å². The molecule has 1 saturated carbocycles. The Kier molecular flexibility index (Phi) is 3.63. The number of carboxylic acids is 1. The Morgan fingerprint density at radius 1 is 1.50 bits per heavy atom. The number of aromatic nitrogens is 2. The normalized spacial score (nSPS) is 16.1. The lowest BCUT2D eigenvalue weighted by Crippen LogP contribution is -2.26. The van der Waals surface area contributed by atoms with E-state index in [1.54, 1.807) is 22.7 Å². The maximum atomic E-state index is 11.3. The predicted molar refractivity (Wildman–Crippen MR) is 76.3 cm³/mol. The van der Waals surface area contributed by atoms with E-state index in [4.69, 9.17) is 11.6 Å². The van der Waals surface area contributed by atoms with E-state index < -0.39 is 5.97 Å². The third kappa shape index (κ3) is 2.51. The van der Waals surface area contributed by atoms with Crippen molar-refractivity contribution >= 4 is 23.1 Å². The van der Waals surface area contributed by atoms with Gasteiger partial charge in [-0.3, -0.25) is 0 Å². The highest BCUT2D eigenvalue weighted by Gasteiger charge is 2.19. The average molecular weight is 294 g/mol. The van der Waals surface area contributed by atoms with Gasteiger partial charge in [0.25, 0.3) is 0 Å². The van der Waals surface area contributed by atoms with Crippen molar-refractivity contribution in [1.29, 1.82) is 0 Å². The molecule has 2 aromatic rings. The van der Waals surface area contributed by atoms with Crippen LogP contribution in [0.4, 0.5) is 0 Å². The van der Waals surface area contributed by atoms with Gasteiger partial charge in [0, 0.05) is 17.3 Å². The molecule has 1 aliphatic carbocycles. The summed E-state index contributed by atoms with van der Waals surface area (Å²) in [7, 11) is 0. The molecule has 5 nitrogen and oxygen atoms in total. The van der Waals surface area contributed by atoms with Crippen LogP contribution in [0.2, 0.25) is 5.02 Å². The lowest BCUT2D eigenvalue weighted by Gasteiger charge is -2.10. The molecule has 2 heterocycles. The summed E-state index contributed by atoms with van der Waals surface area (Å²) >= 11 is 5.94. The molecule has 0 aliphatic heterocycles. The number of aromatic carboxylic acids is 1. The second-order valence-corrected chi connectivity index (χ2v) is 5.58. The van der Waals surface area contributed by atoms with Crippen LogP contribution in [0.1, 0.15) is 42.0 Å². The number of carboxylic acid groups (broad SMARTS) is 1. The lowest BCUT2D eigenvalue weighted by atomic mass is 10.2. The van der Waals surface area contributed by atoms with Crippen molar-refractivity contribution in [2.45, 2.75) is 38.3 Å². The SMILES string of the molecule is O=C(O)c1nc(CNC2CCCC2)n2ccc(Cl)cc12. The molecule has 0 radical (unpaired) electrons. The molecule has 2 N–H and O–H groups in total. The number of nitrogens with zero attached hydrogens (tertiary/aromatic N) is 2. The molecule has 0 spiro atoms. The molecule has 0 atom stereocenters. The zero-order valence-electron chi connectivity index (χ0n) is 11.0. The molecule has 3 rings (SSSR count). The first-order valence-corrected chi connectivity index (χ1v) is 7.16. The smallest absolute Gasteiger partial charge is 0.356 e. The van der Waals surface area contributed by atoms with Crippen molar-refractivity contribution in [3.8, 4) is 0 Å². The van der Waals surface area contributed by atoms with Gasteiger partial charge in [0.05, 0.1) is 12.1 Å². The van der Waals surface area contributed by atoms with Gasteiger partial charge in [0.2, 0.25) is 0 Å². The van der Waals surface area contributed by atoms with E-state index in [2.05, 4.69) is 10.3 Å². The first-order chi connectivity index (χ1) is 9.65. The summed E-state index contributed by atoms with van der Waals surface area (Å²) in [5.74, 6) is -0.321. The summed E-state index contributed by atoms with van der Waals surface area (Å²) < 4.78 is 1.79. The van der Waals surface area contributed by atoms with Crippen LogP contribution in [-0.2, 0) is 6.54 Å². The van der Waals surface area contributed by atoms with Crippen LogP contribution >= 0.6 is 11.6 Å². The summed E-state index contributed by atoms with van der Waals surface area (Å²) in [6.07, 6.45) is 6.65. The molecule has 20 heavy (non-hydrogen) atoms. The minimum atomic E-state index is -1.03. The molecule has 1 fully saturated rings. The zero-order valence-corrected chi connectivity index (χ0v) is 11.7. The van der Waals surface area contributed by atoms with E-state index in [1.807, 2.05) is 0 Å². The van der Waals surface area contributed by atoms with Gasteiger partial charge in [-0.2, -0.15) is 0 Å². The first-order valence-electron chi connectivity index (χ1n) is 6.78. The fourth-order valence-electron chi connectivity index (χ4n) is 2.77. The summed E-state index contributed by atoms with van der Waals surface area (Å²) in [6.45, 7) is 0.570. The van der Waals surface area contributed by atoms with Crippen LogP contribution < -0.4 is 5.32 Å². The maximum Gasteiger partial charge on any atom is 0.356 e. The minimum absolute atomic E-state index is 0.0516. The van der Waals surface area contributed by atoms with Gasteiger partial charge in [-0.1, -0.05) is 24.4 Å². The average Bonchev–Trinajstić information content (AvgIpc) is 3.02. The number of hydrogen-bond acceptors (Lipinski definition) is 3. The lowest BCUT2D eigenvalue weighted by molar-refractivity contribution is 0.0693. The zero-order chi connectivity index (χ0) is 14.1. The van der Waals surface area contributed by atoms with Crippen molar-refractivity contribution in [2.75, 3.05) is 0 Å². The van der Waals surface area contributed by atoms with Gasteiger partial charge >= 0.3 is 5.97 Å². The van der Waals surface area contributed by atoms with Crippen molar-refractivity contribution in [2.24, 2.45) is 0 Å². The molecule has 0 bridgehead atoms. The van der Waals surface area contributed by atoms with E-state index in [1.165, 1.54) is 25.7 Å². The van der Waals surface area contributed by atoms with Crippen molar-refractivity contribution in [1.82, 2.24) is 14.7 Å². The number of rotatable bonds is 4. The third-order valence-electron chi connectivity index (χ3n) is 3.79. The van der Waals surface area contributed by atoms with Gasteiger partial charge < -0.3 is 14.8 Å². The van der Waals surface area contributed by atoms with Gasteiger partial charge in [0.15, 0.2) is 5.69 Å². The topological polar surface area (TPSA) is 66.6 Å².